The maximum atomic E-state index is 14.1. The van der Waals surface area contributed by atoms with E-state index in [0.29, 0.717) is 31.0 Å². The normalized spacial score (nSPS) is 15.6. The number of imide groups is 1. The number of ether oxygens (including phenoxy) is 2. The van der Waals surface area contributed by atoms with Gasteiger partial charge in [0.05, 0.1) is 17.7 Å². The van der Waals surface area contributed by atoms with E-state index in [9.17, 15) is 9.59 Å². The molecule has 4 aromatic rings. The summed E-state index contributed by atoms with van der Waals surface area (Å²) < 4.78 is 11.4. The monoisotopic (exact) mass is 521 g/mol. The van der Waals surface area contributed by atoms with Crippen molar-refractivity contribution in [2.24, 2.45) is 0 Å². The highest BCUT2D eigenvalue weighted by Crippen LogP contribution is 2.30. The van der Waals surface area contributed by atoms with E-state index >= 15 is 0 Å². The molecule has 198 valence electrons. The number of cyclic esters (lactones) is 1. The number of rotatable bonds is 9. The van der Waals surface area contributed by atoms with Crippen LogP contribution in [0, 0.1) is 13.8 Å². The van der Waals surface area contributed by atoms with Gasteiger partial charge in [0.1, 0.15) is 19.5 Å². The number of nitrogens with zero attached hydrogens (tertiary/aromatic N) is 3. The second-order valence-corrected chi connectivity index (χ2v) is 9.82. The van der Waals surface area contributed by atoms with Gasteiger partial charge in [0.25, 0.3) is 0 Å². The fourth-order valence-electron chi connectivity index (χ4n) is 4.82. The van der Waals surface area contributed by atoms with Crippen molar-refractivity contribution in [3.63, 3.8) is 0 Å². The highest BCUT2D eigenvalue weighted by atomic mass is 16.6. The van der Waals surface area contributed by atoms with Gasteiger partial charge in [-0.15, -0.1) is 0 Å². The third kappa shape index (κ3) is 6.14. The van der Waals surface area contributed by atoms with Gasteiger partial charge in [-0.05, 0) is 37.0 Å². The summed E-state index contributed by atoms with van der Waals surface area (Å²) in [5, 5.41) is 0. The van der Waals surface area contributed by atoms with E-state index in [2.05, 4.69) is 9.97 Å². The molecule has 2 atom stereocenters. The molecule has 2 amide bonds. The quantitative estimate of drug-likeness (QED) is 0.286. The minimum Gasteiger partial charge on any atom is -0.473 e. The first kappa shape index (κ1) is 26.1. The Bertz CT molecular complexity index is 1430. The number of aromatic nitrogens is 2. The van der Waals surface area contributed by atoms with Crippen LogP contribution < -0.4 is 4.74 Å². The molecule has 3 aromatic carbocycles. The molecule has 0 spiro atoms. The van der Waals surface area contributed by atoms with Crippen LogP contribution in [0.15, 0.2) is 91.3 Å². The zero-order chi connectivity index (χ0) is 27.2. The highest BCUT2D eigenvalue weighted by molar-refractivity contribution is 5.97. The highest BCUT2D eigenvalue weighted by Gasteiger charge is 2.41. The van der Waals surface area contributed by atoms with Crippen molar-refractivity contribution < 1.29 is 19.1 Å². The van der Waals surface area contributed by atoms with E-state index in [1.807, 2.05) is 98.8 Å². The Hall–Kier alpha value is -4.52. The second-order valence-electron chi connectivity index (χ2n) is 9.82. The van der Waals surface area contributed by atoms with E-state index in [1.54, 1.807) is 0 Å². The summed E-state index contributed by atoms with van der Waals surface area (Å²) in [5.41, 5.74) is 5.43. The molecular weight excluding hydrogens is 490 g/mol. The molecule has 5 rings (SSSR count). The van der Waals surface area contributed by atoms with Crippen molar-refractivity contribution in [3.05, 3.63) is 125 Å². The van der Waals surface area contributed by atoms with Gasteiger partial charge in [-0.25, -0.2) is 19.7 Å². The van der Waals surface area contributed by atoms with Crippen LogP contribution in [-0.4, -0.2) is 39.5 Å². The fourth-order valence-corrected chi connectivity index (χ4v) is 4.82. The molecule has 0 bridgehead atoms. The van der Waals surface area contributed by atoms with Crippen LogP contribution in [-0.2, 0) is 29.0 Å². The number of carbonyl (C=O) groups excluding carboxylic acids is 2. The van der Waals surface area contributed by atoms with Gasteiger partial charge in [0, 0.05) is 12.0 Å². The zero-order valence-electron chi connectivity index (χ0n) is 22.1. The molecule has 1 aliphatic heterocycles. The molecule has 1 aromatic heterocycles. The second kappa shape index (κ2) is 11.9. The maximum Gasteiger partial charge on any atom is 0.417 e. The largest absolute Gasteiger partial charge is 0.473 e. The van der Waals surface area contributed by atoms with Crippen molar-refractivity contribution in [2.75, 3.05) is 6.61 Å². The summed E-state index contributed by atoms with van der Waals surface area (Å²) in [6.07, 6.45) is 1.68. The molecule has 1 saturated heterocycles. The first-order valence-corrected chi connectivity index (χ1v) is 13.1. The minimum atomic E-state index is -0.634. The number of amides is 2. The summed E-state index contributed by atoms with van der Waals surface area (Å²) in [5.74, 6) is -0.460. The van der Waals surface area contributed by atoms with E-state index in [-0.39, 0.29) is 18.6 Å². The first-order valence-electron chi connectivity index (χ1n) is 13.1. The summed E-state index contributed by atoms with van der Waals surface area (Å²) in [7, 11) is 0. The minimum absolute atomic E-state index is 0.171. The van der Waals surface area contributed by atoms with Gasteiger partial charge < -0.3 is 9.47 Å². The lowest BCUT2D eigenvalue weighted by atomic mass is 9.90. The van der Waals surface area contributed by atoms with Gasteiger partial charge in [0.2, 0.25) is 11.8 Å². The van der Waals surface area contributed by atoms with Crippen LogP contribution in [0.5, 0.6) is 5.88 Å². The third-order valence-electron chi connectivity index (χ3n) is 7.05. The average molecular weight is 522 g/mol. The molecule has 39 heavy (non-hydrogen) atoms. The van der Waals surface area contributed by atoms with Crippen molar-refractivity contribution in [2.45, 2.75) is 45.3 Å². The van der Waals surface area contributed by atoms with Crippen LogP contribution in [0.4, 0.5) is 4.79 Å². The fraction of sp³-hybridized carbons (Fsp3) is 0.250. The number of hydrogen-bond acceptors (Lipinski definition) is 6. The molecule has 7 heteroatoms. The van der Waals surface area contributed by atoms with E-state index in [4.69, 9.17) is 9.47 Å². The number of aryl methyl sites for hydroxylation is 1. The number of carbonyl (C=O) groups is 2. The smallest absolute Gasteiger partial charge is 0.417 e. The predicted octanol–water partition coefficient (Wildman–Crippen LogP) is 5.59. The van der Waals surface area contributed by atoms with Gasteiger partial charge in [0.15, 0.2) is 0 Å². The summed E-state index contributed by atoms with van der Waals surface area (Å²) in [6, 6.07) is 27.1. The standard InChI is InChI=1S/C32H31N3O4/c1-22-13-15-26(16-14-22)28(31(36)35-27(20-39-32(35)37)17-24-9-5-3-6-10-24)18-29-23(2)30(34-21-33-29)38-19-25-11-7-4-8-12-25/h3-16,21,27-28H,17-20H2,1-2H3/t27-,28-/m0/s1. The van der Waals surface area contributed by atoms with Crippen LogP contribution >= 0.6 is 0 Å². The molecule has 2 heterocycles. The molecule has 1 aliphatic rings. The van der Waals surface area contributed by atoms with Crippen LogP contribution in [0.2, 0.25) is 0 Å². The molecule has 0 saturated carbocycles. The van der Waals surface area contributed by atoms with Crippen molar-refractivity contribution >= 4 is 12.0 Å². The lowest BCUT2D eigenvalue weighted by Crippen LogP contribution is -2.43. The first-order chi connectivity index (χ1) is 19.0. The summed E-state index contributed by atoms with van der Waals surface area (Å²) in [4.78, 5) is 37.1. The Morgan fingerprint density at radius 2 is 1.62 bits per heavy atom. The van der Waals surface area contributed by atoms with Crippen LogP contribution in [0.3, 0.4) is 0 Å². The van der Waals surface area contributed by atoms with E-state index < -0.39 is 12.0 Å². The molecule has 0 N–H and O–H groups in total. The van der Waals surface area contributed by atoms with Crippen molar-refractivity contribution in [3.8, 4) is 5.88 Å². The lowest BCUT2D eigenvalue weighted by Gasteiger charge is -2.26. The van der Waals surface area contributed by atoms with Gasteiger partial charge in [-0.3, -0.25) is 4.79 Å². The maximum absolute atomic E-state index is 14.1. The Morgan fingerprint density at radius 3 is 2.31 bits per heavy atom. The number of benzene rings is 3. The van der Waals surface area contributed by atoms with Gasteiger partial charge >= 0.3 is 6.09 Å². The Balaban J connectivity index is 1.42. The van der Waals surface area contributed by atoms with Gasteiger partial charge in [-0.1, -0.05) is 90.5 Å². The van der Waals surface area contributed by atoms with E-state index in [1.165, 1.54) is 11.2 Å². The Kier molecular flexibility index (Phi) is 7.96. The van der Waals surface area contributed by atoms with Gasteiger partial charge in [-0.2, -0.15) is 0 Å². The summed E-state index contributed by atoms with van der Waals surface area (Å²) >= 11 is 0. The topological polar surface area (TPSA) is 81.6 Å². The lowest BCUT2D eigenvalue weighted by molar-refractivity contribution is -0.130. The molecule has 0 aliphatic carbocycles. The Labute approximate surface area is 228 Å². The third-order valence-corrected chi connectivity index (χ3v) is 7.05. The molecular formula is C32H31N3O4. The van der Waals surface area contributed by atoms with Crippen LogP contribution in [0.25, 0.3) is 0 Å². The molecule has 7 nitrogen and oxygen atoms in total. The molecule has 0 radical (unpaired) electrons. The van der Waals surface area contributed by atoms with Crippen molar-refractivity contribution in [1.82, 2.24) is 14.9 Å². The van der Waals surface area contributed by atoms with Crippen LogP contribution in [0.1, 0.15) is 39.4 Å². The zero-order valence-corrected chi connectivity index (χ0v) is 22.1. The SMILES string of the molecule is Cc1ccc([C@H](Cc2ncnc(OCc3ccccc3)c2C)C(=O)N2C(=O)OC[C@@H]2Cc2ccccc2)cc1. The number of hydrogen-bond donors (Lipinski definition) is 0. The van der Waals surface area contributed by atoms with Crippen molar-refractivity contribution in [1.29, 1.82) is 0 Å². The predicted molar refractivity (Wildman–Crippen MR) is 147 cm³/mol. The summed E-state index contributed by atoms with van der Waals surface area (Å²) in [6.45, 7) is 4.44. The van der Waals surface area contributed by atoms with E-state index in [0.717, 1.165) is 27.8 Å². The molecule has 0 unspecified atom stereocenters. The molecule has 1 fully saturated rings. The average Bonchev–Trinajstić information content (AvgIpc) is 3.32. The Morgan fingerprint density at radius 1 is 0.949 bits per heavy atom.